The Morgan fingerprint density at radius 2 is 1.90 bits per heavy atom. The molecule has 5 heteroatoms. The maximum absolute atomic E-state index is 5.92. The fraction of sp³-hybridized carbons (Fsp3) is 0.0667. The van der Waals surface area contributed by atoms with Crippen molar-refractivity contribution in [2.75, 3.05) is 0 Å². The molecule has 0 aliphatic rings. The van der Waals surface area contributed by atoms with Gasteiger partial charge in [0.25, 0.3) is 0 Å². The van der Waals surface area contributed by atoms with Crippen LogP contribution in [0, 0.1) is 0 Å². The van der Waals surface area contributed by atoms with Crippen LogP contribution >= 0.6 is 27.5 Å². The topological polar surface area (TPSA) is 35.0 Å². The van der Waals surface area contributed by atoms with Crippen molar-refractivity contribution in [3.05, 3.63) is 63.9 Å². The molecule has 0 unspecified atom stereocenters. The number of halogens is 2. The lowest BCUT2D eigenvalue weighted by molar-refractivity contribution is 0.307. The van der Waals surface area contributed by atoms with E-state index in [1.807, 2.05) is 42.5 Å². The number of benzene rings is 2. The second kappa shape index (κ2) is 5.77. The third-order valence-electron chi connectivity index (χ3n) is 2.82. The standard InChI is InChI=1S/C15H10BrClN2O/c16-11-6-7-12-14(19-13(17)8-18-12)15(11)20-9-10-4-2-1-3-5-10/h1-8H,9H2. The van der Waals surface area contributed by atoms with E-state index < -0.39 is 0 Å². The van der Waals surface area contributed by atoms with Crippen LogP contribution < -0.4 is 4.74 Å². The predicted molar refractivity (Wildman–Crippen MR) is 83.0 cm³/mol. The Labute approximate surface area is 129 Å². The highest BCUT2D eigenvalue weighted by atomic mass is 79.9. The van der Waals surface area contributed by atoms with Crippen LogP contribution in [0.1, 0.15) is 5.56 Å². The van der Waals surface area contributed by atoms with Gasteiger partial charge in [0, 0.05) is 0 Å². The van der Waals surface area contributed by atoms with E-state index in [0.29, 0.717) is 23.0 Å². The van der Waals surface area contributed by atoms with Gasteiger partial charge in [0.1, 0.15) is 17.3 Å². The summed E-state index contributed by atoms with van der Waals surface area (Å²) in [5, 5.41) is 0.347. The zero-order valence-corrected chi connectivity index (χ0v) is 12.7. The van der Waals surface area contributed by atoms with E-state index in [1.54, 1.807) is 0 Å². The third kappa shape index (κ3) is 2.76. The SMILES string of the molecule is Clc1cnc2ccc(Br)c(OCc3ccccc3)c2n1. The van der Waals surface area contributed by atoms with Gasteiger partial charge in [-0.3, -0.25) is 4.98 Å². The minimum absolute atomic E-state index is 0.347. The van der Waals surface area contributed by atoms with Crippen LogP contribution in [0.5, 0.6) is 5.75 Å². The Kier molecular flexibility index (Phi) is 3.85. The number of hydrogen-bond acceptors (Lipinski definition) is 3. The van der Waals surface area contributed by atoms with Crippen molar-refractivity contribution >= 4 is 38.6 Å². The quantitative estimate of drug-likeness (QED) is 0.692. The first-order valence-corrected chi connectivity index (χ1v) is 7.18. The largest absolute Gasteiger partial charge is 0.485 e. The van der Waals surface area contributed by atoms with E-state index in [-0.39, 0.29) is 0 Å². The van der Waals surface area contributed by atoms with Gasteiger partial charge in [-0.1, -0.05) is 41.9 Å². The molecule has 0 saturated heterocycles. The first kappa shape index (κ1) is 13.3. The molecule has 3 rings (SSSR count). The molecule has 0 bridgehead atoms. The second-order valence-corrected chi connectivity index (χ2v) is 5.45. The van der Waals surface area contributed by atoms with Gasteiger partial charge in [-0.05, 0) is 33.6 Å². The van der Waals surface area contributed by atoms with Crippen molar-refractivity contribution in [3.63, 3.8) is 0 Å². The highest BCUT2D eigenvalue weighted by molar-refractivity contribution is 9.10. The lowest BCUT2D eigenvalue weighted by Crippen LogP contribution is -1.98. The zero-order valence-electron chi connectivity index (χ0n) is 10.4. The Bertz CT molecular complexity index is 744. The summed E-state index contributed by atoms with van der Waals surface area (Å²) in [6, 6.07) is 13.7. The highest BCUT2D eigenvalue weighted by Crippen LogP contribution is 2.32. The summed E-state index contributed by atoms with van der Waals surface area (Å²) in [6.45, 7) is 0.465. The molecular formula is C15H10BrClN2O. The van der Waals surface area contributed by atoms with Gasteiger partial charge in [-0.15, -0.1) is 0 Å². The average molecular weight is 350 g/mol. The van der Waals surface area contributed by atoms with Gasteiger partial charge in [0.15, 0.2) is 5.75 Å². The molecular weight excluding hydrogens is 340 g/mol. The lowest BCUT2D eigenvalue weighted by Gasteiger charge is -2.10. The van der Waals surface area contributed by atoms with Crippen LogP contribution in [-0.4, -0.2) is 9.97 Å². The first-order chi connectivity index (χ1) is 9.74. The molecule has 1 heterocycles. The highest BCUT2D eigenvalue weighted by Gasteiger charge is 2.10. The Balaban J connectivity index is 1.97. The zero-order chi connectivity index (χ0) is 13.9. The van der Waals surface area contributed by atoms with E-state index in [4.69, 9.17) is 16.3 Å². The molecule has 0 atom stereocenters. The Morgan fingerprint density at radius 3 is 2.70 bits per heavy atom. The molecule has 0 aliphatic carbocycles. The minimum Gasteiger partial charge on any atom is -0.485 e. The number of hydrogen-bond donors (Lipinski definition) is 0. The molecule has 0 aliphatic heterocycles. The molecule has 2 aromatic carbocycles. The molecule has 3 nitrogen and oxygen atoms in total. The molecule has 100 valence electrons. The monoisotopic (exact) mass is 348 g/mol. The summed E-state index contributed by atoms with van der Waals surface area (Å²) >= 11 is 9.40. The van der Waals surface area contributed by atoms with Crippen molar-refractivity contribution in [2.24, 2.45) is 0 Å². The van der Waals surface area contributed by atoms with Crippen LogP contribution in [-0.2, 0) is 6.61 Å². The smallest absolute Gasteiger partial charge is 0.161 e. The van der Waals surface area contributed by atoms with Gasteiger partial charge < -0.3 is 4.74 Å². The number of aromatic nitrogens is 2. The van der Waals surface area contributed by atoms with Gasteiger partial charge >= 0.3 is 0 Å². The molecule has 3 aromatic rings. The summed E-state index contributed by atoms with van der Waals surface area (Å²) in [5.41, 5.74) is 2.50. The molecule has 0 fully saturated rings. The number of fused-ring (bicyclic) bond motifs is 1. The van der Waals surface area contributed by atoms with Crippen LogP contribution in [0.3, 0.4) is 0 Å². The lowest BCUT2D eigenvalue weighted by atomic mass is 10.2. The van der Waals surface area contributed by atoms with Crippen molar-refractivity contribution in [3.8, 4) is 5.75 Å². The van der Waals surface area contributed by atoms with Gasteiger partial charge in [-0.25, -0.2) is 4.98 Å². The van der Waals surface area contributed by atoms with E-state index >= 15 is 0 Å². The fourth-order valence-electron chi connectivity index (χ4n) is 1.87. The van der Waals surface area contributed by atoms with Gasteiger partial charge in [-0.2, -0.15) is 0 Å². The average Bonchev–Trinajstić information content (AvgIpc) is 2.47. The van der Waals surface area contributed by atoms with Crippen molar-refractivity contribution < 1.29 is 4.74 Å². The summed E-state index contributed by atoms with van der Waals surface area (Å²) in [4.78, 5) is 8.54. The van der Waals surface area contributed by atoms with Crippen LogP contribution in [0.15, 0.2) is 53.1 Å². The van der Waals surface area contributed by atoms with Crippen molar-refractivity contribution in [2.45, 2.75) is 6.61 Å². The molecule has 1 aromatic heterocycles. The number of nitrogens with zero attached hydrogens (tertiary/aromatic N) is 2. The summed E-state index contributed by atoms with van der Waals surface area (Å²) in [6.07, 6.45) is 1.53. The van der Waals surface area contributed by atoms with Gasteiger partial charge in [0.05, 0.1) is 16.2 Å². The maximum Gasteiger partial charge on any atom is 0.161 e. The number of ether oxygens (including phenoxy) is 1. The van der Waals surface area contributed by atoms with E-state index in [9.17, 15) is 0 Å². The third-order valence-corrected chi connectivity index (χ3v) is 3.62. The number of rotatable bonds is 3. The summed E-state index contributed by atoms with van der Waals surface area (Å²) in [7, 11) is 0. The molecule has 0 spiro atoms. The van der Waals surface area contributed by atoms with Crippen LogP contribution in [0.25, 0.3) is 11.0 Å². The minimum atomic E-state index is 0.347. The summed E-state index contributed by atoms with van der Waals surface area (Å²) in [5.74, 6) is 0.654. The first-order valence-electron chi connectivity index (χ1n) is 6.01. The Morgan fingerprint density at radius 1 is 1.10 bits per heavy atom. The molecule has 0 amide bonds. The molecule has 0 saturated carbocycles. The molecule has 20 heavy (non-hydrogen) atoms. The molecule has 0 N–H and O–H groups in total. The van der Waals surface area contributed by atoms with Gasteiger partial charge in [0.2, 0.25) is 0 Å². The second-order valence-electron chi connectivity index (χ2n) is 4.21. The van der Waals surface area contributed by atoms with E-state index in [0.717, 1.165) is 15.6 Å². The van der Waals surface area contributed by atoms with Crippen molar-refractivity contribution in [1.82, 2.24) is 9.97 Å². The Hall–Kier alpha value is -1.65. The molecule has 0 radical (unpaired) electrons. The van der Waals surface area contributed by atoms with Crippen molar-refractivity contribution in [1.29, 1.82) is 0 Å². The predicted octanol–water partition coefficient (Wildman–Crippen LogP) is 4.62. The van der Waals surface area contributed by atoms with E-state index in [2.05, 4.69) is 25.9 Å². The fourth-order valence-corrected chi connectivity index (χ4v) is 2.44. The normalized spacial score (nSPS) is 10.7. The van der Waals surface area contributed by atoms with Crippen LogP contribution in [0.2, 0.25) is 5.15 Å². The maximum atomic E-state index is 5.92. The summed E-state index contributed by atoms with van der Waals surface area (Å²) < 4.78 is 6.71. The van der Waals surface area contributed by atoms with E-state index in [1.165, 1.54) is 6.20 Å². The van der Waals surface area contributed by atoms with Crippen LogP contribution in [0.4, 0.5) is 0 Å².